The van der Waals surface area contributed by atoms with Crippen LogP contribution in [-0.2, 0) is 11.0 Å². The van der Waals surface area contributed by atoms with Gasteiger partial charge < -0.3 is 4.74 Å². The molecular formula is C21H16FNO2S. The molecule has 1 atom stereocenters. The van der Waals surface area contributed by atoms with Crippen LogP contribution >= 0.6 is 0 Å². The molecule has 0 spiro atoms. The third kappa shape index (κ3) is 2.66. The van der Waals surface area contributed by atoms with Crippen LogP contribution in [0.25, 0.3) is 32.7 Å². The zero-order chi connectivity index (χ0) is 18.3. The predicted octanol–water partition coefficient (Wildman–Crippen LogP) is 4.79. The molecule has 0 bridgehead atoms. The molecule has 0 radical (unpaired) electrons. The van der Waals surface area contributed by atoms with E-state index in [1.165, 1.54) is 12.1 Å². The maximum absolute atomic E-state index is 13.7. The highest BCUT2D eigenvalue weighted by Gasteiger charge is 2.19. The molecule has 4 aromatic rings. The number of ether oxygens (including phenoxy) is 1. The van der Waals surface area contributed by atoms with Crippen molar-refractivity contribution >= 4 is 32.5 Å². The van der Waals surface area contributed by atoms with Crippen LogP contribution in [0.5, 0.6) is 5.75 Å². The van der Waals surface area contributed by atoms with Gasteiger partial charge in [-0.15, -0.1) is 0 Å². The highest BCUT2D eigenvalue weighted by atomic mass is 32.2. The Balaban J connectivity index is 2.23. The summed E-state index contributed by atoms with van der Waals surface area (Å²) in [6.45, 7) is 0. The Morgan fingerprint density at radius 3 is 2.38 bits per heavy atom. The highest BCUT2D eigenvalue weighted by Crippen LogP contribution is 2.43. The second-order valence-corrected chi connectivity index (χ2v) is 7.00. The first-order valence-electron chi connectivity index (χ1n) is 8.04. The van der Waals surface area contributed by atoms with E-state index in [0.717, 1.165) is 32.7 Å². The number of nitrogens with two attached hydrogens (primary N) is 1. The van der Waals surface area contributed by atoms with Gasteiger partial charge in [0.25, 0.3) is 0 Å². The molecule has 4 rings (SSSR count). The molecule has 0 aliphatic rings. The summed E-state index contributed by atoms with van der Waals surface area (Å²) in [4.78, 5) is 0.513. The van der Waals surface area contributed by atoms with E-state index in [2.05, 4.69) is 0 Å². The highest BCUT2D eigenvalue weighted by molar-refractivity contribution is 7.82. The summed E-state index contributed by atoms with van der Waals surface area (Å²) in [5, 5.41) is 9.24. The standard InChI is InChI=1S/C21H16FNO2S/c1-25-18-10-6-14-12-15(22)8-9-17(14)20(18)21-16-5-3-2-4-13(16)7-11-19(21)26(23)24/h2-12H,23H2,1H3. The molecule has 0 saturated carbocycles. The Labute approximate surface area is 152 Å². The predicted molar refractivity (Wildman–Crippen MR) is 104 cm³/mol. The molecule has 130 valence electrons. The summed E-state index contributed by atoms with van der Waals surface area (Å²) in [7, 11) is -0.102. The van der Waals surface area contributed by atoms with Gasteiger partial charge in [-0.2, -0.15) is 0 Å². The lowest BCUT2D eigenvalue weighted by atomic mass is 9.93. The van der Waals surface area contributed by atoms with Gasteiger partial charge in [-0.1, -0.05) is 42.5 Å². The summed E-state index contributed by atoms with van der Waals surface area (Å²) in [5.41, 5.74) is 1.51. The van der Waals surface area contributed by atoms with Crippen molar-refractivity contribution in [2.24, 2.45) is 5.14 Å². The van der Waals surface area contributed by atoms with Crippen molar-refractivity contribution in [3.63, 3.8) is 0 Å². The second-order valence-electron chi connectivity index (χ2n) is 5.97. The van der Waals surface area contributed by atoms with E-state index in [9.17, 15) is 8.60 Å². The van der Waals surface area contributed by atoms with Crippen molar-refractivity contribution in [3.05, 3.63) is 72.5 Å². The average molecular weight is 365 g/mol. The molecule has 0 saturated heterocycles. The van der Waals surface area contributed by atoms with Crippen LogP contribution in [0.15, 0.2) is 71.6 Å². The molecule has 0 aromatic heterocycles. The Kier molecular flexibility index (Phi) is 4.18. The van der Waals surface area contributed by atoms with E-state index < -0.39 is 11.0 Å². The molecule has 2 N–H and O–H groups in total. The number of hydrogen-bond acceptors (Lipinski definition) is 2. The van der Waals surface area contributed by atoms with Gasteiger partial charge in [-0.3, -0.25) is 0 Å². The molecular weight excluding hydrogens is 349 g/mol. The van der Waals surface area contributed by atoms with E-state index in [1.54, 1.807) is 25.3 Å². The molecule has 0 heterocycles. The third-order valence-electron chi connectivity index (χ3n) is 4.52. The molecule has 0 fully saturated rings. The smallest absolute Gasteiger partial charge is 0.127 e. The van der Waals surface area contributed by atoms with Gasteiger partial charge in [-0.25, -0.2) is 13.7 Å². The number of fused-ring (bicyclic) bond motifs is 2. The van der Waals surface area contributed by atoms with Crippen LogP contribution in [-0.4, -0.2) is 11.3 Å². The SMILES string of the molecule is COc1ccc2cc(F)ccc2c1-c1c(S(N)=O)ccc2ccccc12. The van der Waals surface area contributed by atoms with Crippen molar-refractivity contribution in [2.45, 2.75) is 4.90 Å². The van der Waals surface area contributed by atoms with Gasteiger partial charge in [0.2, 0.25) is 0 Å². The number of methoxy groups -OCH3 is 1. The monoisotopic (exact) mass is 365 g/mol. The first-order valence-corrected chi connectivity index (χ1v) is 9.26. The van der Waals surface area contributed by atoms with Crippen molar-refractivity contribution in [3.8, 4) is 16.9 Å². The minimum absolute atomic E-state index is 0.311. The fourth-order valence-electron chi connectivity index (χ4n) is 3.39. The lowest BCUT2D eigenvalue weighted by Crippen LogP contribution is -2.05. The zero-order valence-corrected chi connectivity index (χ0v) is 14.8. The van der Waals surface area contributed by atoms with Crippen LogP contribution < -0.4 is 9.88 Å². The molecule has 0 aliphatic heterocycles. The zero-order valence-electron chi connectivity index (χ0n) is 14.0. The van der Waals surface area contributed by atoms with Crippen LogP contribution in [0, 0.1) is 5.82 Å². The minimum Gasteiger partial charge on any atom is -0.496 e. The Morgan fingerprint density at radius 1 is 0.885 bits per heavy atom. The normalized spacial score (nSPS) is 12.4. The fourth-order valence-corrected chi connectivity index (χ4v) is 4.00. The van der Waals surface area contributed by atoms with Gasteiger partial charge in [0.15, 0.2) is 0 Å². The van der Waals surface area contributed by atoms with Crippen LogP contribution in [0.1, 0.15) is 0 Å². The molecule has 4 aromatic carbocycles. The van der Waals surface area contributed by atoms with Gasteiger partial charge in [-0.05, 0) is 45.8 Å². The quantitative estimate of drug-likeness (QED) is 0.567. The first-order chi connectivity index (χ1) is 12.6. The summed E-state index contributed by atoms with van der Waals surface area (Å²) in [6.07, 6.45) is 0. The summed E-state index contributed by atoms with van der Waals surface area (Å²) in [5.74, 6) is 0.307. The maximum Gasteiger partial charge on any atom is 0.127 e. The fraction of sp³-hybridized carbons (Fsp3) is 0.0476. The maximum atomic E-state index is 13.7. The van der Waals surface area contributed by atoms with Crippen LogP contribution in [0.4, 0.5) is 4.39 Å². The van der Waals surface area contributed by atoms with Gasteiger partial charge in [0, 0.05) is 11.1 Å². The summed E-state index contributed by atoms with van der Waals surface area (Å²) >= 11 is 0. The topological polar surface area (TPSA) is 52.3 Å². The second kappa shape index (κ2) is 6.52. The van der Waals surface area contributed by atoms with E-state index in [1.807, 2.05) is 36.4 Å². The Bertz CT molecular complexity index is 1170. The number of hydrogen-bond donors (Lipinski definition) is 1. The number of benzene rings is 4. The van der Waals surface area contributed by atoms with Crippen molar-refractivity contribution in [2.75, 3.05) is 7.11 Å². The van der Waals surface area contributed by atoms with Gasteiger partial charge >= 0.3 is 0 Å². The van der Waals surface area contributed by atoms with Crippen molar-refractivity contribution in [1.82, 2.24) is 0 Å². The van der Waals surface area contributed by atoms with Crippen molar-refractivity contribution < 1.29 is 13.3 Å². The lowest BCUT2D eigenvalue weighted by molar-refractivity contribution is 0.417. The molecule has 5 heteroatoms. The first kappa shape index (κ1) is 16.7. The van der Waals surface area contributed by atoms with Crippen LogP contribution in [0.3, 0.4) is 0 Å². The van der Waals surface area contributed by atoms with E-state index in [-0.39, 0.29) is 5.82 Å². The van der Waals surface area contributed by atoms with E-state index in [4.69, 9.17) is 9.88 Å². The Hall–Kier alpha value is -2.76. The molecule has 1 unspecified atom stereocenters. The molecule has 0 aliphatic carbocycles. The summed E-state index contributed by atoms with van der Waals surface area (Å²) < 4.78 is 31.6. The van der Waals surface area contributed by atoms with E-state index in [0.29, 0.717) is 10.6 Å². The molecule has 3 nitrogen and oxygen atoms in total. The largest absolute Gasteiger partial charge is 0.496 e. The molecule has 0 amide bonds. The number of halogens is 1. The molecule has 26 heavy (non-hydrogen) atoms. The minimum atomic E-state index is -1.68. The Morgan fingerprint density at radius 2 is 1.62 bits per heavy atom. The third-order valence-corrected chi connectivity index (χ3v) is 5.29. The van der Waals surface area contributed by atoms with E-state index >= 15 is 0 Å². The van der Waals surface area contributed by atoms with Gasteiger partial charge in [0.1, 0.15) is 22.6 Å². The summed E-state index contributed by atoms with van der Waals surface area (Å²) in [6, 6.07) is 19.7. The average Bonchev–Trinajstić information content (AvgIpc) is 2.66. The van der Waals surface area contributed by atoms with Gasteiger partial charge in [0.05, 0.1) is 12.0 Å². The lowest BCUT2D eigenvalue weighted by Gasteiger charge is -2.17. The number of rotatable bonds is 3. The van der Waals surface area contributed by atoms with Crippen molar-refractivity contribution in [1.29, 1.82) is 0 Å². The van der Waals surface area contributed by atoms with Crippen LogP contribution in [0.2, 0.25) is 0 Å².